The quantitative estimate of drug-likeness (QED) is 0.797. The first-order chi connectivity index (χ1) is 8.43. The SMILES string of the molecule is CC1=NC(=O)NC(=O)C1(Br)CC12CCC(CC1)C2. The first-order valence-corrected chi connectivity index (χ1v) is 7.33. The summed E-state index contributed by atoms with van der Waals surface area (Å²) in [6.45, 7) is 1.77. The second-order valence-corrected chi connectivity index (χ2v) is 7.44. The molecule has 1 aliphatic heterocycles. The zero-order chi connectivity index (χ0) is 13.0. The molecule has 3 amide bonds. The number of halogens is 1. The number of rotatable bonds is 2. The molecule has 0 radical (unpaired) electrons. The second-order valence-electron chi connectivity index (χ2n) is 6.08. The van der Waals surface area contributed by atoms with E-state index in [1.165, 1.54) is 32.1 Å². The average Bonchev–Trinajstić information content (AvgIpc) is 2.86. The molecular formula is C13H17BrN2O2. The van der Waals surface area contributed by atoms with Crippen LogP contribution in [0, 0.1) is 11.3 Å². The molecule has 0 aromatic rings. The number of carbonyl (C=O) groups excluding carboxylic acids is 2. The smallest absolute Gasteiger partial charge is 0.275 e. The molecule has 2 bridgehead atoms. The van der Waals surface area contributed by atoms with Crippen molar-refractivity contribution in [1.82, 2.24) is 5.32 Å². The van der Waals surface area contributed by atoms with E-state index in [1.807, 2.05) is 0 Å². The van der Waals surface area contributed by atoms with E-state index in [2.05, 4.69) is 26.2 Å². The van der Waals surface area contributed by atoms with Crippen LogP contribution in [0.4, 0.5) is 4.79 Å². The van der Waals surface area contributed by atoms with Gasteiger partial charge in [0.25, 0.3) is 5.91 Å². The highest BCUT2D eigenvalue weighted by atomic mass is 79.9. The maximum Gasteiger partial charge on any atom is 0.347 e. The molecule has 98 valence electrons. The van der Waals surface area contributed by atoms with Crippen molar-refractivity contribution in [3.05, 3.63) is 0 Å². The van der Waals surface area contributed by atoms with Crippen molar-refractivity contribution >= 4 is 33.6 Å². The van der Waals surface area contributed by atoms with Gasteiger partial charge in [-0.15, -0.1) is 0 Å². The number of hydrogen-bond donors (Lipinski definition) is 1. The van der Waals surface area contributed by atoms with E-state index >= 15 is 0 Å². The van der Waals surface area contributed by atoms with E-state index in [-0.39, 0.29) is 11.3 Å². The summed E-state index contributed by atoms with van der Waals surface area (Å²) >= 11 is 3.56. The lowest BCUT2D eigenvalue weighted by atomic mass is 9.75. The number of urea groups is 1. The lowest BCUT2D eigenvalue weighted by molar-refractivity contribution is -0.121. The highest BCUT2D eigenvalue weighted by Gasteiger charge is 2.53. The minimum absolute atomic E-state index is 0.246. The Morgan fingerprint density at radius 2 is 2.06 bits per heavy atom. The van der Waals surface area contributed by atoms with Crippen molar-refractivity contribution in [2.24, 2.45) is 16.3 Å². The van der Waals surface area contributed by atoms with Crippen LogP contribution in [0.15, 0.2) is 4.99 Å². The van der Waals surface area contributed by atoms with Crippen LogP contribution in [0.5, 0.6) is 0 Å². The molecule has 5 heteroatoms. The van der Waals surface area contributed by atoms with Crippen LogP contribution in [0.2, 0.25) is 0 Å². The third-order valence-electron chi connectivity index (χ3n) is 4.93. The Hall–Kier alpha value is -0.710. The highest BCUT2D eigenvalue weighted by molar-refractivity contribution is 9.10. The normalized spacial score (nSPS) is 43.0. The molecule has 0 aromatic heterocycles. The molecule has 3 aliphatic rings. The summed E-state index contributed by atoms with van der Waals surface area (Å²) in [7, 11) is 0. The average molecular weight is 313 g/mol. The van der Waals surface area contributed by atoms with Crippen molar-refractivity contribution in [3.8, 4) is 0 Å². The van der Waals surface area contributed by atoms with Gasteiger partial charge in [-0.3, -0.25) is 10.1 Å². The summed E-state index contributed by atoms with van der Waals surface area (Å²) in [5.74, 6) is 0.608. The van der Waals surface area contributed by atoms with Gasteiger partial charge in [0.2, 0.25) is 0 Å². The number of nitrogens with zero attached hydrogens (tertiary/aromatic N) is 1. The Balaban J connectivity index is 1.88. The summed E-state index contributed by atoms with van der Waals surface area (Å²) in [5, 5.41) is 2.32. The standard InChI is InChI=1S/C13H17BrN2O2/c1-8-13(14,10(17)16-11(18)15-8)7-12-4-2-9(6-12)3-5-12/h9H,2-7H2,1H3,(H,16,17,18). The zero-order valence-corrected chi connectivity index (χ0v) is 12.0. The maximum absolute atomic E-state index is 12.1. The molecule has 2 aliphatic carbocycles. The number of imide groups is 1. The van der Waals surface area contributed by atoms with Crippen molar-refractivity contribution < 1.29 is 9.59 Å². The van der Waals surface area contributed by atoms with Gasteiger partial charge in [0.15, 0.2) is 0 Å². The van der Waals surface area contributed by atoms with Gasteiger partial charge in [0.1, 0.15) is 4.32 Å². The summed E-state index contributed by atoms with van der Waals surface area (Å²) < 4.78 is -0.778. The van der Waals surface area contributed by atoms with Gasteiger partial charge in [0.05, 0.1) is 0 Å². The number of alkyl halides is 1. The van der Waals surface area contributed by atoms with E-state index < -0.39 is 10.4 Å². The third-order valence-corrected chi connectivity index (χ3v) is 6.14. The van der Waals surface area contributed by atoms with Crippen LogP contribution in [0.3, 0.4) is 0 Å². The van der Waals surface area contributed by atoms with Crippen molar-refractivity contribution in [3.63, 3.8) is 0 Å². The molecule has 3 rings (SSSR count). The lowest BCUT2D eigenvalue weighted by Crippen LogP contribution is -2.54. The molecule has 0 saturated heterocycles. The van der Waals surface area contributed by atoms with E-state index in [0.717, 1.165) is 12.3 Å². The minimum Gasteiger partial charge on any atom is -0.275 e. The minimum atomic E-state index is -0.778. The molecule has 4 nitrogen and oxygen atoms in total. The number of amides is 3. The Bertz CT molecular complexity index is 452. The molecule has 2 fully saturated rings. The zero-order valence-electron chi connectivity index (χ0n) is 10.5. The predicted molar refractivity (Wildman–Crippen MR) is 71.9 cm³/mol. The van der Waals surface area contributed by atoms with Crippen molar-refractivity contribution in [1.29, 1.82) is 0 Å². The van der Waals surface area contributed by atoms with Gasteiger partial charge in [-0.1, -0.05) is 15.9 Å². The monoisotopic (exact) mass is 312 g/mol. The largest absolute Gasteiger partial charge is 0.347 e. The molecule has 0 aromatic carbocycles. The number of nitrogens with one attached hydrogen (secondary N) is 1. The fourth-order valence-electron chi connectivity index (χ4n) is 3.91. The Labute approximate surface area is 115 Å². The van der Waals surface area contributed by atoms with Gasteiger partial charge >= 0.3 is 6.03 Å². The van der Waals surface area contributed by atoms with E-state index in [4.69, 9.17) is 0 Å². The first-order valence-electron chi connectivity index (χ1n) is 6.54. The Morgan fingerprint density at radius 3 is 2.56 bits per heavy atom. The summed E-state index contributed by atoms with van der Waals surface area (Å²) in [4.78, 5) is 27.3. The maximum atomic E-state index is 12.1. The van der Waals surface area contributed by atoms with Crippen LogP contribution in [0.25, 0.3) is 0 Å². The van der Waals surface area contributed by atoms with Crippen LogP contribution < -0.4 is 5.32 Å². The van der Waals surface area contributed by atoms with Crippen molar-refractivity contribution in [2.75, 3.05) is 0 Å². The fourth-order valence-corrected chi connectivity index (χ4v) is 4.70. The van der Waals surface area contributed by atoms with E-state index in [9.17, 15) is 9.59 Å². The van der Waals surface area contributed by atoms with E-state index in [0.29, 0.717) is 5.71 Å². The highest BCUT2D eigenvalue weighted by Crippen LogP contribution is 2.58. The van der Waals surface area contributed by atoms with Crippen LogP contribution in [0.1, 0.15) is 45.4 Å². The van der Waals surface area contributed by atoms with Gasteiger partial charge in [0, 0.05) is 5.71 Å². The Kier molecular flexibility index (Phi) is 2.66. The van der Waals surface area contributed by atoms with Crippen LogP contribution in [-0.4, -0.2) is 22.0 Å². The number of fused-ring (bicyclic) bond motifs is 2. The first kappa shape index (κ1) is 12.3. The molecule has 1 atom stereocenters. The van der Waals surface area contributed by atoms with Crippen LogP contribution >= 0.6 is 15.9 Å². The van der Waals surface area contributed by atoms with Gasteiger partial charge in [-0.05, 0) is 56.8 Å². The number of carbonyl (C=O) groups is 2. The van der Waals surface area contributed by atoms with Gasteiger partial charge in [-0.25, -0.2) is 9.79 Å². The molecule has 2 saturated carbocycles. The second kappa shape index (κ2) is 3.89. The van der Waals surface area contributed by atoms with Gasteiger partial charge < -0.3 is 0 Å². The number of hydrogen-bond acceptors (Lipinski definition) is 2. The molecule has 1 heterocycles. The molecule has 1 unspecified atom stereocenters. The molecular weight excluding hydrogens is 296 g/mol. The summed E-state index contributed by atoms with van der Waals surface area (Å²) in [6.07, 6.45) is 7.00. The molecule has 0 spiro atoms. The number of aliphatic imine (C=N–C) groups is 1. The topological polar surface area (TPSA) is 58.5 Å². The predicted octanol–water partition coefficient (Wildman–Crippen LogP) is 2.80. The molecule has 1 N–H and O–H groups in total. The fraction of sp³-hybridized carbons (Fsp3) is 0.769. The summed E-state index contributed by atoms with van der Waals surface area (Å²) in [6, 6.07) is -0.541. The van der Waals surface area contributed by atoms with Crippen LogP contribution in [-0.2, 0) is 4.79 Å². The van der Waals surface area contributed by atoms with E-state index in [1.54, 1.807) is 6.92 Å². The molecule has 18 heavy (non-hydrogen) atoms. The Morgan fingerprint density at radius 1 is 1.39 bits per heavy atom. The van der Waals surface area contributed by atoms with Gasteiger partial charge in [-0.2, -0.15) is 0 Å². The van der Waals surface area contributed by atoms with Crippen molar-refractivity contribution in [2.45, 2.75) is 49.8 Å². The summed E-state index contributed by atoms with van der Waals surface area (Å²) in [5.41, 5.74) is 0.879. The third kappa shape index (κ3) is 1.75. The lowest BCUT2D eigenvalue weighted by Gasteiger charge is -2.37.